The summed E-state index contributed by atoms with van der Waals surface area (Å²) in [5.74, 6) is 0.887. The Bertz CT molecular complexity index is 1210. The first kappa shape index (κ1) is 23.8. The summed E-state index contributed by atoms with van der Waals surface area (Å²) in [6, 6.07) is 14.8. The van der Waals surface area contributed by atoms with Crippen molar-refractivity contribution in [2.45, 2.75) is 32.1 Å². The molecule has 8 nitrogen and oxygen atoms in total. The first-order valence-electron chi connectivity index (χ1n) is 12.5. The maximum absolute atomic E-state index is 12.8. The summed E-state index contributed by atoms with van der Waals surface area (Å²) >= 11 is 0. The third-order valence-electron chi connectivity index (χ3n) is 7.51. The summed E-state index contributed by atoms with van der Waals surface area (Å²) < 4.78 is 0. The van der Waals surface area contributed by atoms with E-state index in [2.05, 4.69) is 25.1 Å². The van der Waals surface area contributed by atoms with E-state index in [1.807, 2.05) is 36.5 Å². The Hall–Kier alpha value is -3.94. The van der Waals surface area contributed by atoms with Crippen LogP contribution in [0.15, 0.2) is 67.1 Å². The third-order valence-corrected chi connectivity index (χ3v) is 7.51. The van der Waals surface area contributed by atoms with Gasteiger partial charge >= 0.3 is 0 Å². The van der Waals surface area contributed by atoms with Crippen LogP contribution in [0.1, 0.15) is 41.6 Å². The number of aryl methyl sites for hydroxylation is 1. The van der Waals surface area contributed by atoms with Crippen molar-refractivity contribution >= 4 is 29.0 Å². The molecule has 186 valence electrons. The van der Waals surface area contributed by atoms with E-state index in [-0.39, 0.29) is 17.2 Å². The molecule has 8 heteroatoms. The van der Waals surface area contributed by atoms with E-state index in [0.717, 1.165) is 63.2 Å². The molecule has 3 N–H and O–H groups in total. The first-order valence-corrected chi connectivity index (χ1v) is 12.5. The van der Waals surface area contributed by atoms with Gasteiger partial charge in [-0.25, -0.2) is 4.98 Å². The van der Waals surface area contributed by atoms with Gasteiger partial charge in [-0.3, -0.25) is 14.6 Å². The quantitative estimate of drug-likeness (QED) is 0.516. The minimum atomic E-state index is -0.233. The number of nitrogens with zero attached hydrogens (tertiary/aromatic N) is 4. The SMILES string of the molecule is Nc1ccccc1NC(=O)c1ccc(N2CCC3(CCN(C(=O)CCc4cccnc4)C3)CC2)nc1. The molecule has 0 radical (unpaired) electrons. The summed E-state index contributed by atoms with van der Waals surface area (Å²) in [6.07, 6.45) is 9.62. The number of pyridine rings is 2. The molecule has 2 fully saturated rings. The molecule has 4 heterocycles. The summed E-state index contributed by atoms with van der Waals surface area (Å²) in [5.41, 5.74) is 8.84. The summed E-state index contributed by atoms with van der Waals surface area (Å²) in [7, 11) is 0. The number of para-hydroxylation sites is 2. The lowest BCUT2D eigenvalue weighted by Crippen LogP contribution is -2.42. The molecule has 2 amide bonds. The third kappa shape index (κ3) is 5.32. The van der Waals surface area contributed by atoms with Crippen LogP contribution >= 0.6 is 0 Å². The zero-order valence-corrected chi connectivity index (χ0v) is 20.4. The van der Waals surface area contributed by atoms with Crippen LogP contribution in [-0.4, -0.2) is 52.9 Å². The van der Waals surface area contributed by atoms with E-state index < -0.39 is 0 Å². The van der Waals surface area contributed by atoms with Crippen LogP contribution < -0.4 is 16.0 Å². The number of nitrogens with two attached hydrogens (primary N) is 1. The number of hydrogen-bond donors (Lipinski definition) is 2. The highest BCUT2D eigenvalue weighted by Gasteiger charge is 2.42. The second kappa shape index (κ2) is 10.4. The van der Waals surface area contributed by atoms with Crippen molar-refractivity contribution in [2.75, 3.05) is 42.1 Å². The zero-order valence-electron chi connectivity index (χ0n) is 20.4. The lowest BCUT2D eigenvalue weighted by atomic mass is 9.78. The molecule has 2 aliphatic rings. The lowest BCUT2D eigenvalue weighted by molar-refractivity contribution is -0.130. The fourth-order valence-corrected chi connectivity index (χ4v) is 5.23. The van der Waals surface area contributed by atoms with E-state index in [0.29, 0.717) is 23.4 Å². The molecule has 1 aromatic carbocycles. The molecule has 3 aromatic rings. The van der Waals surface area contributed by atoms with Gasteiger partial charge in [-0.2, -0.15) is 0 Å². The van der Waals surface area contributed by atoms with Gasteiger partial charge in [0.2, 0.25) is 5.91 Å². The molecule has 0 unspecified atom stereocenters. The van der Waals surface area contributed by atoms with Gasteiger partial charge < -0.3 is 20.9 Å². The number of nitrogen functional groups attached to an aromatic ring is 1. The topological polar surface area (TPSA) is 104 Å². The number of piperidine rings is 1. The molecule has 0 aliphatic carbocycles. The molecule has 2 aliphatic heterocycles. The number of rotatable bonds is 6. The molecule has 1 spiro atoms. The first-order chi connectivity index (χ1) is 17.5. The Morgan fingerprint density at radius 1 is 0.972 bits per heavy atom. The highest BCUT2D eigenvalue weighted by molar-refractivity contribution is 6.05. The number of nitrogens with one attached hydrogen (secondary N) is 1. The number of anilines is 3. The van der Waals surface area contributed by atoms with Crippen molar-refractivity contribution in [2.24, 2.45) is 5.41 Å². The van der Waals surface area contributed by atoms with Gasteiger partial charge in [0, 0.05) is 51.2 Å². The molecule has 0 atom stereocenters. The highest BCUT2D eigenvalue weighted by atomic mass is 16.2. The second-order valence-electron chi connectivity index (χ2n) is 9.86. The number of hydrogen-bond acceptors (Lipinski definition) is 6. The van der Waals surface area contributed by atoms with Crippen molar-refractivity contribution < 1.29 is 9.59 Å². The average molecular weight is 485 g/mol. The van der Waals surface area contributed by atoms with Gasteiger partial charge in [-0.05, 0) is 67.0 Å². The van der Waals surface area contributed by atoms with Gasteiger partial charge in [0.25, 0.3) is 5.91 Å². The van der Waals surface area contributed by atoms with Crippen LogP contribution in [0.3, 0.4) is 0 Å². The van der Waals surface area contributed by atoms with Gasteiger partial charge in [0.15, 0.2) is 0 Å². The number of aromatic nitrogens is 2. The van der Waals surface area contributed by atoms with Crippen LogP contribution in [0, 0.1) is 5.41 Å². The van der Waals surface area contributed by atoms with Crippen molar-refractivity contribution in [3.63, 3.8) is 0 Å². The fourth-order valence-electron chi connectivity index (χ4n) is 5.23. The Balaban J connectivity index is 1.12. The van der Waals surface area contributed by atoms with Crippen molar-refractivity contribution in [3.8, 4) is 0 Å². The maximum Gasteiger partial charge on any atom is 0.257 e. The predicted molar refractivity (Wildman–Crippen MR) is 141 cm³/mol. The van der Waals surface area contributed by atoms with Gasteiger partial charge in [0.05, 0.1) is 16.9 Å². The molecule has 0 saturated carbocycles. The standard InChI is InChI=1S/C28H32N6O2/c29-23-5-1-2-6-24(23)32-27(36)22-8-9-25(31-19-22)33-15-11-28(12-16-33)13-17-34(20-28)26(35)10-7-21-4-3-14-30-18-21/h1-6,8-9,14,18-19H,7,10-13,15-17,20,29H2,(H,32,36). The van der Waals surface area contributed by atoms with Crippen LogP contribution in [0.25, 0.3) is 0 Å². The molecule has 0 bridgehead atoms. The molecular formula is C28H32N6O2. The van der Waals surface area contributed by atoms with E-state index in [4.69, 9.17) is 5.73 Å². The van der Waals surface area contributed by atoms with Crippen LogP contribution in [0.4, 0.5) is 17.2 Å². The van der Waals surface area contributed by atoms with Gasteiger partial charge in [-0.15, -0.1) is 0 Å². The number of benzene rings is 1. The van der Waals surface area contributed by atoms with E-state index in [1.54, 1.807) is 30.6 Å². The summed E-state index contributed by atoms with van der Waals surface area (Å²) in [4.78, 5) is 38.4. The molecule has 5 rings (SSSR count). The lowest BCUT2D eigenvalue weighted by Gasteiger charge is -2.39. The minimum absolute atomic E-state index is 0.204. The van der Waals surface area contributed by atoms with E-state index in [9.17, 15) is 9.59 Å². The van der Waals surface area contributed by atoms with E-state index >= 15 is 0 Å². The van der Waals surface area contributed by atoms with E-state index in [1.165, 1.54) is 0 Å². The number of carbonyl (C=O) groups excluding carboxylic acids is 2. The second-order valence-corrected chi connectivity index (χ2v) is 9.86. The Morgan fingerprint density at radius 3 is 2.50 bits per heavy atom. The average Bonchev–Trinajstić information content (AvgIpc) is 3.33. The normalized spacial score (nSPS) is 16.8. The smallest absolute Gasteiger partial charge is 0.257 e. The Morgan fingerprint density at radius 2 is 1.78 bits per heavy atom. The van der Waals surface area contributed by atoms with Gasteiger partial charge in [0.1, 0.15) is 5.82 Å². The van der Waals surface area contributed by atoms with Crippen LogP contribution in [-0.2, 0) is 11.2 Å². The molecule has 36 heavy (non-hydrogen) atoms. The van der Waals surface area contributed by atoms with Gasteiger partial charge in [-0.1, -0.05) is 18.2 Å². The maximum atomic E-state index is 12.8. The molecular weight excluding hydrogens is 452 g/mol. The summed E-state index contributed by atoms with van der Waals surface area (Å²) in [5, 5.41) is 2.84. The number of amides is 2. The number of likely N-dealkylation sites (tertiary alicyclic amines) is 1. The largest absolute Gasteiger partial charge is 0.397 e. The van der Waals surface area contributed by atoms with Crippen LogP contribution in [0.2, 0.25) is 0 Å². The highest BCUT2D eigenvalue weighted by Crippen LogP contribution is 2.41. The van der Waals surface area contributed by atoms with Crippen LogP contribution in [0.5, 0.6) is 0 Å². The Labute approximate surface area is 211 Å². The van der Waals surface area contributed by atoms with Crippen molar-refractivity contribution in [1.29, 1.82) is 0 Å². The number of carbonyl (C=O) groups is 2. The fraction of sp³-hybridized carbons (Fsp3) is 0.357. The Kier molecular flexibility index (Phi) is 6.84. The predicted octanol–water partition coefficient (Wildman–Crippen LogP) is 3.76. The monoisotopic (exact) mass is 484 g/mol. The molecule has 2 aromatic heterocycles. The van der Waals surface area contributed by atoms with Crippen molar-refractivity contribution in [3.05, 3.63) is 78.2 Å². The molecule has 2 saturated heterocycles. The summed E-state index contributed by atoms with van der Waals surface area (Å²) in [6.45, 7) is 3.50. The minimum Gasteiger partial charge on any atom is -0.397 e. The zero-order chi connectivity index (χ0) is 25.0. The van der Waals surface area contributed by atoms with Crippen molar-refractivity contribution in [1.82, 2.24) is 14.9 Å².